The lowest BCUT2D eigenvalue weighted by Crippen LogP contribution is -2.51. The van der Waals surface area contributed by atoms with E-state index in [1.165, 1.54) is 37.3 Å². The zero-order chi connectivity index (χ0) is 16.5. The van der Waals surface area contributed by atoms with Gasteiger partial charge in [0, 0.05) is 6.20 Å². The Labute approximate surface area is 124 Å². The normalized spacial score (nSPS) is 16.3. The van der Waals surface area contributed by atoms with E-state index in [9.17, 15) is 22.8 Å². The first-order valence-electron chi connectivity index (χ1n) is 6.51. The van der Waals surface area contributed by atoms with E-state index in [4.69, 9.17) is 0 Å². The van der Waals surface area contributed by atoms with Crippen LogP contribution in [0.2, 0.25) is 0 Å². The molecule has 0 aliphatic carbocycles. The Morgan fingerprint density at radius 3 is 2.86 bits per heavy atom. The summed E-state index contributed by atoms with van der Waals surface area (Å²) in [5.41, 5.74) is 0.782. The molecule has 22 heavy (non-hydrogen) atoms. The Morgan fingerprint density at radius 2 is 2.23 bits per heavy atom. The fourth-order valence-corrected chi connectivity index (χ4v) is 2.17. The van der Waals surface area contributed by atoms with Crippen molar-refractivity contribution in [2.24, 2.45) is 0 Å². The second kappa shape index (κ2) is 5.91. The van der Waals surface area contributed by atoms with E-state index in [2.05, 4.69) is 10.3 Å². The number of anilines is 2. The Balaban J connectivity index is 2.20. The molecule has 1 atom stereocenters. The monoisotopic (exact) mass is 316 g/mol. The second-order valence-corrected chi connectivity index (χ2v) is 5.07. The number of fused-ring (bicyclic) bond motifs is 1. The summed E-state index contributed by atoms with van der Waals surface area (Å²) in [6.45, 7) is -0.0648. The molecule has 6 nitrogen and oxygen atoms in total. The maximum atomic E-state index is 12.5. The van der Waals surface area contributed by atoms with Crippen LogP contribution in [0.1, 0.15) is 6.92 Å². The molecule has 1 N–H and O–H groups in total. The minimum atomic E-state index is -4.40. The molecule has 0 fully saturated rings. The van der Waals surface area contributed by atoms with Crippen LogP contribution in [0.15, 0.2) is 18.5 Å². The third-order valence-corrected chi connectivity index (χ3v) is 3.38. The molecule has 0 bridgehead atoms. The first-order chi connectivity index (χ1) is 10.2. The summed E-state index contributed by atoms with van der Waals surface area (Å²) in [6, 6.07) is 0.511. The topological polar surface area (TPSA) is 65.5 Å². The molecule has 120 valence electrons. The van der Waals surface area contributed by atoms with Crippen LogP contribution in [0.4, 0.5) is 24.5 Å². The van der Waals surface area contributed by atoms with Crippen LogP contribution in [0.3, 0.4) is 0 Å². The number of rotatable bonds is 3. The largest absolute Gasteiger partial charge is 0.401 e. The number of aromatic nitrogens is 1. The van der Waals surface area contributed by atoms with Gasteiger partial charge in [-0.2, -0.15) is 13.2 Å². The van der Waals surface area contributed by atoms with Crippen LogP contribution in [0.25, 0.3) is 0 Å². The average Bonchev–Trinajstić information content (AvgIpc) is 2.42. The third kappa shape index (κ3) is 3.53. The van der Waals surface area contributed by atoms with Crippen molar-refractivity contribution >= 4 is 23.2 Å². The van der Waals surface area contributed by atoms with Gasteiger partial charge in [-0.25, -0.2) is 0 Å². The number of nitrogens with zero attached hydrogens (tertiary/aromatic N) is 3. The van der Waals surface area contributed by atoms with Gasteiger partial charge in [0.2, 0.25) is 11.8 Å². The van der Waals surface area contributed by atoms with E-state index in [1.54, 1.807) is 0 Å². The van der Waals surface area contributed by atoms with Crippen molar-refractivity contribution in [1.29, 1.82) is 0 Å². The first-order valence-corrected chi connectivity index (χ1v) is 6.51. The summed E-state index contributed by atoms with van der Waals surface area (Å²) in [5.74, 6) is -0.992. The van der Waals surface area contributed by atoms with Crippen LogP contribution in [0, 0.1) is 0 Å². The predicted molar refractivity (Wildman–Crippen MR) is 73.4 cm³/mol. The highest BCUT2D eigenvalue weighted by Crippen LogP contribution is 2.29. The standard InChI is InChI=1S/C13H15F3N4O2/c1-8(19(2)7-13(14,15)16)12(22)20-6-11(21)18-9-5-17-4-3-10(9)20/h3-5,8H,6-7H2,1-2H3,(H,18,21). The van der Waals surface area contributed by atoms with E-state index in [0.717, 1.165) is 4.90 Å². The number of carbonyl (C=O) groups is 2. The highest BCUT2D eigenvalue weighted by atomic mass is 19.4. The van der Waals surface area contributed by atoms with Gasteiger partial charge in [-0.3, -0.25) is 24.4 Å². The summed E-state index contributed by atoms with van der Waals surface area (Å²) in [4.78, 5) is 30.0. The van der Waals surface area contributed by atoms with Crippen molar-refractivity contribution in [3.63, 3.8) is 0 Å². The van der Waals surface area contributed by atoms with Gasteiger partial charge in [-0.05, 0) is 20.0 Å². The summed E-state index contributed by atoms with van der Waals surface area (Å²) in [5, 5.41) is 2.56. The van der Waals surface area contributed by atoms with Gasteiger partial charge in [0.1, 0.15) is 6.54 Å². The van der Waals surface area contributed by atoms with Gasteiger partial charge >= 0.3 is 6.18 Å². The molecule has 1 aromatic heterocycles. The summed E-state index contributed by atoms with van der Waals surface area (Å²) in [6.07, 6.45) is -1.57. The zero-order valence-electron chi connectivity index (χ0n) is 12.0. The van der Waals surface area contributed by atoms with Gasteiger partial charge in [0.05, 0.1) is 30.2 Å². The number of hydrogen-bond acceptors (Lipinski definition) is 4. The Kier molecular flexibility index (Phi) is 4.36. The Hall–Kier alpha value is -2.16. The van der Waals surface area contributed by atoms with E-state index in [1.807, 2.05) is 0 Å². The summed E-state index contributed by atoms with van der Waals surface area (Å²) < 4.78 is 37.3. The van der Waals surface area contributed by atoms with Crippen LogP contribution < -0.4 is 10.2 Å². The van der Waals surface area contributed by atoms with E-state index in [-0.39, 0.29) is 6.54 Å². The van der Waals surface area contributed by atoms with Gasteiger partial charge in [0.25, 0.3) is 0 Å². The maximum absolute atomic E-state index is 12.5. The molecule has 2 amide bonds. The first kappa shape index (κ1) is 16.2. The number of likely N-dealkylation sites (N-methyl/N-ethyl adjacent to an activating group) is 1. The molecule has 1 aliphatic heterocycles. The molecule has 2 heterocycles. The lowest BCUT2D eigenvalue weighted by molar-refractivity contribution is -0.150. The van der Waals surface area contributed by atoms with Crippen LogP contribution in [-0.4, -0.2) is 54.1 Å². The fourth-order valence-electron chi connectivity index (χ4n) is 2.17. The fraction of sp³-hybridized carbons (Fsp3) is 0.462. The van der Waals surface area contributed by atoms with Crippen molar-refractivity contribution in [2.45, 2.75) is 19.1 Å². The van der Waals surface area contributed by atoms with E-state index < -0.39 is 30.6 Å². The van der Waals surface area contributed by atoms with Crippen molar-refractivity contribution < 1.29 is 22.8 Å². The van der Waals surface area contributed by atoms with Gasteiger partial charge in [-0.1, -0.05) is 0 Å². The number of nitrogens with one attached hydrogen (secondary N) is 1. The second-order valence-electron chi connectivity index (χ2n) is 5.07. The molecule has 0 spiro atoms. The Bertz CT molecular complexity index is 591. The molecule has 0 radical (unpaired) electrons. The molecule has 1 unspecified atom stereocenters. The lowest BCUT2D eigenvalue weighted by Gasteiger charge is -2.33. The molecule has 1 aromatic rings. The summed E-state index contributed by atoms with van der Waals surface area (Å²) in [7, 11) is 1.22. The molecule has 9 heteroatoms. The maximum Gasteiger partial charge on any atom is 0.401 e. The number of pyridine rings is 1. The highest BCUT2D eigenvalue weighted by molar-refractivity contribution is 6.10. The van der Waals surface area contributed by atoms with Gasteiger partial charge in [0.15, 0.2) is 0 Å². The summed E-state index contributed by atoms with van der Waals surface area (Å²) >= 11 is 0. The van der Waals surface area contributed by atoms with Gasteiger partial charge < -0.3 is 5.32 Å². The molecule has 0 saturated heterocycles. The zero-order valence-corrected chi connectivity index (χ0v) is 12.0. The number of hydrogen-bond donors (Lipinski definition) is 1. The Morgan fingerprint density at radius 1 is 1.55 bits per heavy atom. The highest BCUT2D eigenvalue weighted by Gasteiger charge is 2.36. The molecule has 2 rings (SSSR count). The minimum absolute atomic E-state index is 0.236. The van der Waals surface area contributed by atoms with Crippen molar-refractivity contribution in [3.8, 4) is 0 Å². The van der Waals surface area contributed by atoms with Crippen molar-refractivity contribution in [2.75, 3.05) is 30.4 Å². The van der Waals surface area contributed by atoms with Crippen LogP contribution in [0.5, 0.6) is 0 Å². The smallest absolute Gasteiger partial charge is 0.321 e. The molecule has 1 aliphatic rings. The minimum Gasteiger partial charge on any atom is -0.321 e. The number of alkyl halides is 3. The lowest BCUT2D eigenvalue weighted by atomic mass is 10.2. The predicted octanol–water partition coefficient (Wildman–Crippen LogP) is 1.25. The van der Waals surface area contributed by atoms with Gasteiger partial charge in [-0.15, -0.1) is 0 Å². The van der Waals surface area contributed by atoms with Crippen molar-refractivity contribution in [1.82, 2.24) is 9.88 Å². The van der Waals surface area contributed by atoms with E-state index in [0.29, 0.717) is 11.4 Å². The molecule has 0 saturated carbocycles. The molecule has 0 aromatic carbocycles. The third-order valence-electron chi connectivity index (χ3n) is 3.38. The SMILES string of the molecule is CC(C(=O)N1CC(=O)Nc2cnccc21)N(C)CC(F)(F)F. The number of amides is 2. The number of carbonyl (C=O) groups excluding carboxylic acids is 2. The average molecular weight is 316 g/mol. The quantitative estimate of drug-likeness (QED) is 0.911. The molecular formula is C13H15F3N4O2. The van der Waals surface area contributed by atoms with Crippen LogP contribution >= 0.6 is 0 Å². The molecular weight excluding hydrogens is 301 g/mol. The number of halogens is 3. The van der Waals surface area contributed by atoms with Crippen LogP contribution in [-0.2, 0) is 9.59 Å². The van der Waals surface area contributed by atoms with E-state index >= 15 is 0 Å². The van der Waals surface area contributed by atoms with Crippen molar-refractivity contribution in [3.05, 3.63) is 18.5 Å².